The van der Waals surface area contributed by atoms with Crippen LogP contribution < -0.4 is 5.32 Å². The molecule has 0 bridgehead atoms. The average Bonchev–Trinajstić information content (AvgIpc) is 3.43. The molecule has 1 aliphatic heterocycles. The Morgan fingerprint density at radius 2 is 2.11 bits per heavy atom. The summed E-state index contributed by atoms with van der Waals surface area (Å²) in [5.74, 6) is 0.368. The Morgan fingerprint density at radius 3 is 2.86 bits per heavy atom. The molecule has 6 nitrogen and oxygen atoms in total. The highest BCUT2D eigenvalue weighted by Crippen LogP contribution is 2.32. The van der Waals surface area contributed by atoms with Crippen molar-refractivity contribution < 1.29 is 14.0 Å². The first-order chi connectivity index (χ1) is 13.6. The van der Waals surface area contributed by atoms with Gasteiger partial charge in [-0.25, -0.2) is 4.98 Å². The molecule has 1 aliphatic rings. The van der Waals surface area contributed by atoms with Crippen molar-refractivity contribution in [2.75, 3.05) is 11.9 Å². The number of nitrogens with zero attached hydrogens (tertiary/aromatic N) is 2. The van der Waals surface area contributed by atoms with E-state index < -0.39 is 0 Å². The minimum absolute atomic E-state index is 0.0696. The van der Waals surface area contributed by atoms with Gasteiger partial charge in [-0.15, -0.1) is 11.3 Å². The number of benzene rings is 1. The minimum Gasteiger partial charge on any atom is -0.469 e. The van der Waals surface area contributed by atoms with Crippen LogP contribution in [0.5, 0.6) is 0 Å². The summed E-state index contributed by atoms with van der Waals surface area (Å²) in [6.45, 7) is 2.51. The zero-order valence-corrected chi connectivity index (χ0v) is 16.4. The number of nitrogens with one attached hydrogen (secondary N) is 1. The summed E-state index contributed by atoms with van der Waals surface area (Å²) >= 11 is 1.32. The van der Waals surface area contributed by atoms with E-state index in [1.165, 1.54) is 23.2 Å². The maximum atomic E-state index is 12.9. The highest BCUT2D eigenvalue weighted by Gasteiger charge is 2.30. The number of rotatable bonds is 5. The SMILES string of the molecule is Cc1occc1C(=O)Nc1nc(CC(=O)N2CCC[C@H]2c2ccccc2)cs1. The van der Waals surface area contributed by atoms with Gasteiger partial charge >= 0.3 is 0 Å². The van der Waals surface area contributed by atoms with Crippen LogP contribution in [0.25, 0.3) is 0 Å². The summed E-state index contributed by atoms with van der Waals surface area (Å²) in [7, 11) is 0. The van der Waals surface area contributed by atoms with E-state index in [4.69, 9.17) is 4.42 Å². The molecule has 28 heavy (non-hydrogen) atoms. The number of hydrogen-bond donors (Lipinski definition) is 1. The van der Waals surface area contributed by atoms with E-state index in [9.17, 15) is 9.59 Å². The van der Waals surface area contributed by atoms with Crippen LogP contribution in [0.2, 0.25) is 0 Å². The molecule has 1 saturated heterocycles. The summed E-state index contributed by atoms with van der Waals surface area (Å²) in [6, 6.07) is 11.9. The Bertz CT molecular complexity index is 980. The fourth-order valence-electron chi connectivity index (χ4n) is 3.57. The molecule has 0 spiro atoms. The lowest BCUT2D eigenvalue weighted by Crippen LogP contribution is -2.31. The third-order valence-electron chi connectivity index (χ3n) is 4.97. The first kappa shape index (κ1) is 18.4. The Labute approximate surface area is 167 Å². The summed E-state index contributed by atoms with van der Waals surface area (Å²) in [5, 5.41) is 5.07. The number of aryl methyl sites for hydroxylation is 1. The number of hydrogen-bond acceptors (Lipinski definition) is 5. The van der Waals surface area contributed by atoms with Crippen LogP contribution in [0.1, 0.15) is 46.3 Å². The first-order valence-electron chi connectivity index (χ1n) is 9.26. The first-order valence-corrected chi connectivity index (χ1v) is 10.1. The van der Waals surface area contributed by atoms with E-state index in [-0.39, 0.29) is 24.3 Å². The predicted octanol–water partition coefficient (Wildman–Crippen LogP) is 4.20. The fourth-order valence-corrected chi connectivity index (χ4v) is 4.28. The molecule has 1 fully saturated rings. The van der Waals surface area contributed by atoms with Crippen molar-refractivity contribution in [1.29, 1.82) is 0 Å². The van der Waals surface area contributed by atoms with Crippen molar-refractivity contribution in [3.8, 4) is 0 Å². The lowest BCUT2D eigenvalue weighted by atomic mass is 10.0. The zero-order valence-electron chi connectivity index (χ0n) is 15.6. The van der Waals surface area contributed by atoms with Gasteiger partial charge < -0.3 is 9.32 Å². The van der Waals surface area contributed by atoms with Crippen LogP contribution in [0.3, 0.4) is 0 Å². The van der Waals surface area contributed by atoms with Crippen LogP contribution in [-0.4, -0.2) is 28.2 Å². The number of carbonyl (C=O) groups is 2. The molecule has 0 aliphatic carbocycles. The van der Waals surface area contributed by atoms with Gasteiger partial charge in [-0.3, -0.25) is 14.9 Å². The van der Waals surface area contributed by atoms with E-state index in [1.54, 1.807) is 13.0 Å². The second-order valence-electron chi connectivity index (χ2n) is 6.82. The van der Waals surface area contributed by atoms with Gasteiger partial charge in [-0.2, -0.15) is 0 Å². The van der Waals surface area contributed by atoms with Crippen LogP contribution in [0.15, 0.2) is 52.5 Å². The molecule has 2 aromatic heterocycles. The summed E-state index contributed by atoms with van der Waals surface area (Å²) in [6.07, 6.45) is 3.71. The molecule has 0 unspecified atom stereocenters. The number of aromatic nitrogens is 1. The Kier molecular flexibility index (Phi) is 5.25. The number of anilines is 1. The van der Waals surface area contributed by atoms with E-state index in [2.05, 4.69) is 22.4 Å². The predicted molar refractivity (Wildman–Crippen MR) is 107 cm³/mol. The van der Waals surface area contributed by atoms with Crippen molar-refractivity contribution in [1.82, 2.24) is 9.88 Å². The smallest absolute Gasteiger partial charge is 0.260 e. The molecule has 0 radical (unpaired) electrons. The quantitative estimate of drug-likeness (QED) is 0.702. The molecule has 3 aromatic rings. The highest BCUT2D eigenvalue weighted by molar-refractivity contribution is 7.14. The van der Waals surface area contributed by atoms with Crippen LogP contribution in [-0.2, 0) is 11.2 Å². The van der Waals surface area contributed by atoms with Gasteiger partial charge in [-0.05, 0) is 31.4 Å². The third kappa shape index (κ3) is 3.84. The average molecular weight is 395 g/mol. The van der Waals surface area contributed by atoms with Gasteiger partial charge in [0.25, 0.3) is 5.91 Å². The summed E-state index contributed by atoms with van der Waals surface area (Å²) in [5.41, 5.74) is 2.33. The molecule has 7 heteroatoms. The lowest BCUT2D eigenvalue weighted by molar-refractivity contribution is -0.131. The van der Waals surface area contributed by atoms with E-state index in [0.29, 0.717) is 22.1 Å². The van der Waals surface area contributed by atoms with Crippen molar-refractivity contribution in [2.45, 2.75) is 32.2 Å². The zero-order chi connectivity index (χ0) is 19.5. The monoisotopic (exact) mass is 395 g/mol. The third-order valence-corrected chi connectivity index (χ3v) is 5.77. The van der Waals surface area contributed by atoms with E-state index >= 15 is 0 Å². The molecule has 1 aromatic carbocycles. The molecule has 4 rings (SSSR count). The van der Waals surface area contributed by atoms with Crippen LogP contribution in [0, 0.1) is 6.92 Å². The van der Waals surface area contributed by atoms with Crippen LogP contribution in [0.4, 0.5) is 5.13 Å². The number of carbonyl (C=O) groups excluding carboxylic acids is 2. The number of likely N-dealkylation sites (tertiary alicyclic amines) is 1. The second-order valence-corrected chi connectivity index (χ2v) is 7.68. The van der Waals surface area contributed by atoms with Crippen molar-refractivity contribution >= 4 is 28.3 Å². The van der Waals surface area contributed by atoms with Gasteiger partial charge in [0.15, 0.2) is 5.13 Å². The Balaban J connectivity index is 1.40. The largest absolute Gasteiger partial charge is 0.469 e. The molecule has 144 valence electrons. The molecular weight excluding hydrogens is 374 g/mol. The number of thiazole rings is 1. The Hall–Kier alpha value is -2.93. The van der Waals surface area contributed by atoms with E-state index in [0.717, 1.165) is 19.4 Å². The highest BCUT2D eigenvalue weighted by atomic mass is 32.1. The van der Waals surface area contributed by atoms with Crippen LogP contribution >= 0.6 is 11.3 Å². The molecule has 3 heterocycles. The standard InChI is InChI=1S/C21H21N3O3S/c1-14-17(9-11-27-14)20(26)23-21-22-16(13-28-21)12-19(25)24-10-5-8-18(24)15-6-3-2-4-7-15/h2-4,6-7,9,11,13,18H,5,8,10,12H2,1H3,(H,22,23,26)/t18-/m0/s1. The van der Waals surface area contributed by atoms with Gasteiger partial charge in [-0.1, -0.05) is 30.3 Å². The van der Waals surface area contributed by atoms with Gasteiger partial charge in [0.05, 0.1) is 30.0 Å². The molecule has 1 atom stereocenters. The molecule has 2 amide bonds. The van der Waals surface area contributed by atoms with Gasteiger partial charge in [0.1, 0.15) is 5.76 Å². The van der Waals surface area contributed by atoms with Crippen molar-refractivity contribution in [3.63, 3.8) is 0 Å². The maximum Gasteiger partial charge on any atom is 0.260 e. The Morgan fingerprint density at radius 1 is 1.29 bits per heavy atom. The maximum absolute atomic E-state index is 12.9. The summed E-state index contributed by atoms with van der Waals surface area (Å²) in [4.78, 5) is 31.5. The number of furan rings is 1. The van der Waals surface area contributed by atoms with Crippen molar-refractivity contribution in [3.05, 3.63) is 70.6 Å². The molecule has 1 N–H and O–H groups in total. The van der Waals surface area contributed by atoms with Gasteiger partial charge in [0.2, 0.25) is 5.91 Å². The van der Waals surface area contributed by atoms with Gasteiger partial charge in [0, 0.05) is 11.9 Å². The second kappa shape index (κ2) is 7.98. The molecular formula is C21H21N3O3S. The normalized spacial score (nSPS) is 16.3. The number of amides is 2. The van der Waals surface area contributed by atoms with E-state index in [1.807, 2.05) is 28.5 Å². The lowest BCUT2D eigenvalue weighted by Gasteiger charge is -2.25. The fraction of sp³-hybridized carbons (Fsp3) is 0.286. The summed E-state index contributed by atoms with van der Waals surface area (Å²) < 4.78 is 5.16. The molecule has 0 saturated carbocycles. The van der Waals surface area contributed by atoms with Crippen molar-refractivity contribution in [2.24, 2.45) is 0 Å². The topological polar surface area (TPSA) is 75.4 Å². The minimum atomic E-state index is -0.262.